The van der Waals surface area contributed by atoms with E-state index in [2.05, 4.69) is 15.3 Å². The Bertz CT molecular complexity index is 795. The maximum absolute atomic E-state index is 6.22. The van der Waals surface area contributed by atoms with Crippen molar-refractivity contribution in [1.82, 2.24) is 20.0 Å². The lowest BCUT2D eigenvalue weighted by Crippen LogP contribution is -1.99. The molecular weight excluding hydrogens is 354 g/mol. The van der Waals surface area contributed by atoms with Crippen molar-refractivity contribution in [2.45, 2.75) is 0 Å². The summed E-state index contributed by atoms with van der Waals surface area (Å²) in [5, 5.41) is 9.37. The molecule has 2 aromatic heterocycles. The fourth-order valence-corrected chi connectivity index (χ4v) is 2.80. The number of halogens is 4. The highest BCUT2D eigenvalue weighted by Crippen LogP contribution is 2.38. The third kappa shape index (κ3) is 2.85. The minimum Gasteiger partial charge on any atom is -0.262 e. The Kier molecular flexibility index (Phi) is 4.04. The van der Waals surface area contributed by atoms with E-state index in [9.17, 15) is 0 Å². The van der Waals surface area contributed by atoms with Crippen LogP contribution in [0.15, 0.2) is 36.8 Å². The fourth-order valence-electron chi connectivity index (χ4n) is 1.94. The van der Waals surface area contributed by atoms with E-state index in [1.54, 1.807) is 24.4 Å². The second-order valence-electron chi connectivity index (χ2n) is 4.13. The molecule has 4 nitrogen and oxygen atoms in total. The average molecular weight is 360 g/mol. The summed E-state index contributed by atoms with van der Waals surface area (Å²) < 4.78 is 1.53. The number of hydrogen-bond acceptors (Lipinski definition) is 3. The van der Waals surface area contributed by atoms with Gasteiger partial charge in [-0.05, 0) is 18.2 Å². The van der Waals surface area contributed by atoms with Crippen molar-refractivity contribution in [1.29, 1.82) is 0 Å². The number of benzene rings is 1. The number of aromatic nitrogens is 4. The molecule has 0 saturated carbocycles. The molecule has 3 aromatic rings. The van der Waals surface area contributed by atoms with Crippen LogP contribution in [0.5, 0.6) is 0 Å². The predicted molar refractivity (Wildman–Crippen MR) is 84.6 cm³/mol. The molecule has 0 unspecified atom stereocenters. The molecule has 0 N–H and O–H groups in total. The highest BCUT2D eigenvalue weighted by Gasteiger charge is 2.16. The van der Waals surface area contributed by atoms with Crippen molar-refractivity contribution in [3.63, 3.8) is 0 Å². The van der Waals surface area contributed by atoms with E-state index in [4.69, 9.17) is 46.4 Å². The van der Waals surface area contributed by atoms with Crippen LogP contribution in [0.4, 0.5) is 0 Å². The number of rotatable bonds is 2. The van der Waals surface area contributed by atoms with Crippen molar-refractivity contribution in [3.05, 3.63) is 57.0 Å². The molecule has 106 valence electrons. The molecule has 0 radical (unpaired) electrons. The highest BCUT2D eigenvalue weighted by molar-refractivity contribution is 6.39. The van der Waals surface area contributed by atoms with Crippen LogP contribution in [-0.2, 0) is 0 Å². The topological polar surface area (TPSA) is 43.6 Å². The van der Waals surface area contributed by atoms with Gasteiger partial charge in [-0.1, -0.05) is 51.6 Å². The summed E-state index contributed by atoms with van der Waals surface area (Å²) in [6.07, 6.45) is 4.61. The summed E-state index contributed by atoms with van der Waals surface area (Å²) in [5.74, 6) is 0. The summed E-state index contributed by atoms with van der Waals surface area (Å²) in [7, 11) is 0. The van der Waals surface area contributed by atoms with Gasteiger partial charge in [0.25, 0.3) is 0 Å². The smallest absolute Gasteiger partial charge is 0.171 e. The van der Waals surface area contributed by atoms with E-state index in [-0.39, 0.29) is 5.15 Å². The quantitative estimate of drug-likeness (QED) is 0.650. The maximum Gasteiger partial charge on any atom is 0.171 e. The normalized spacial score (nSPS) is 10.9. The van der Waals surface area contributed by atoms with Crippen molar-refractivity contribution < 1.29 is 0 Å². The summed E-state index contributed by atoms with van der Waals surface area (Å²) in [4.78, 5) is 3.95. The lowest BCUT2D eigenvalue weighted by Gasteiger charge is -2.12. The van der Waals surface area contributed by atoms with Crippen LogP contribution in [0, 0.1) is 0 Å². The predicted octanol–water partition coefficient (Wildman–Crippen LogP) is 4.94. The van der Waals surface area contributed by atoms with Gasteiger partial charge in [-0.3, -0.25) is 4.98 Å². The van der Waals surface area contributed by atoms with Gasteiger partial charge in [0, 0.05) is 28.5 Å². The Morgan fingerprint density at radius 2 is 1.67 bits per heavy atom. The average Bonchev–Trinajstić information content (AvgIpc) is 2.85. The maximum atomic E-state index is 6.22. The van der Waals surface area contributed by atoms with Crippen LogP contribution in [0.2, 0.25) is 20.2 Å². The Balaban J connectivity index is 2.29. The molecule has 0 aliphatic heterocycles. The van der Waals surface area contributed by atoms with Gasteiger partial charge < -0.3 is 0 Å². The summed E-state index contributed by atoms with van der Waals surface area (Å²) in [6, 6.07) is 5.27. The first-order valence-corrected chi connectivity index (χ1v) is 7.24. The van der Waals surface area contributed by atoms with E-state index in [0.29, 0.717) is 31.9 Å². The Morgan fingerprint density at radius 3 is 2.29 bits per heavy atom. The van der Waals surface area contributed by atoms with Gasteiger partial charge in [-0.25, -0.2) is 4.68 Å². The molecule has 1 aromatic carbocycles. The first-order valence-electron chi connectivity index (χ1n) is 5.73. The van der Waals surface area contributed by atoms with Gasteiger partial charge in [0.2, 0.25) is 0 Å². The van der Waals surface area contributed by atoms with Crippen molar-refractivity contribution in [2.24, 2.45) is 0 Å². The molecule has 0 aliphatic rings. The largest absolute Gasteiger partial charge is 0.262 e. The molecule has 0 aliphatic carbocycles. The zero-order valence-corrected chi connectivity index (χ0v) is 13.3. The SMILES string of the molecule is Clc1ccc(-n2cc(Cl)nn2)c(-c2c(Cl)cncc2Cl)c1. The molecule has 0 saturated heterocycles. The Morgan fingerprint density at radius 1 is 0.952 bits per heavy atom. The Labute approximate surface area is 140 Å². The Hall–Kier alpha value is -1.33. The molecule has 0 fully saturated rings. The van der Waals surface area contributed by atoms with Gasteiger partial charge in [-0.2, -0.15) is 0 Å². The van der Waals surface area contributed by atoms with Crippen LogP contribution in [-0.4, -0.2) is 20.0 Å². The van der Waals surface area contributed by atoms with Crippen LogP contribution >= 0.6 is 46.4 Å². The second-order valence-corrected chi connectivity index (χ2v) is 5.76. The lowest BCUT2D eigenvalue weighted by molar-refractivity contribution is 0.804. The minimum absolute atomic E-state index is 0.280. The van der Waals surface area contributed by atoms with Crippen LogP contribution in [0.1, 0.15) is 0 Å². The van der Waals surface area contributed by atoms with E-state index >= 15 is 0 Å². The molecule has 0 amide bonds. The highest BCUT2D eigenvalue weighted by atomic mass is 35.5. The van der Waals surface area contributed by atoms with Crippen LogP contribution < -0.4 is 0 Å². The first-order chi connectivity index (χ1) is 10.1. The van der Waals surface area contributed by atoms with Gasteiger partial charge in [0.05, 0.1) is 21.9 Å². The fraction of sp³-hybridized carbons (Fsp3) is 0. The van der Waals surface area contributed by atoms with E-state index < -0.39 is 0 Å². The van der Waals surface area contributed by atoms with Gasteiger partial charge in [-0.15, -0.1) is 5.10 Å². The summed E-state index contributed by atoms with van der Waals surface area (Å²) in [6.45, 7) is 0. The summed E-state index contributed by atoms with van der Waals surface area (Å²) in [5.41, 5.74) is 2.03. The first kappa shape index (κ1) is 14.6. The van der Waals surface area contributed by atoms with Crippen LogP contribution in [0.3, 0.4) is 0 Å². The second kappa shape index (κ2) is 5.81. The van der Waals surface area contributed by atoms with E-state index in [1.165, 1.54) is 17.1 Å². The van der Waals surface area contributed by atoms with E-state index in [0.717, 1.165) is 0 Å². The van der Waals surface area contributed by atoms with Gasteiger partial charge >= 0.3 is 0 Å². The van der Waals surface area contributed by atoms with Gasteiger partial charge in [0.15, 0.2) is 5.15 Å². The standard InChI is InChI=1S/C13H6Cl4N4/c14-7-1-2-11(21-6-12(17)19-20-21)8(3-7)13-9(15)4-18-5-10(13)16/h1-6H. The lowest BCUT2D eigenvalue weighted by atomic mass is 10.0. The molecule has 0 spiro atoms. The van der Waals surface area contributed by atoms with E-state index in [1.807, 2.05) is 0 Å². The number of nitrogens with zero attached hydrogens (tertiary/aromatic N) is 4. The molecular formula is C13H6Cl4N4. The molecule has 0 bridgehead atoms. The van der Waals surface area contributed by atoms with Crippen molar-refractivity contribution in [3.8, 4) is 16.8 Å². The number of pyridine rings is 1. The molecule has 2 heterocycles. The number of hydrogen-bond donors (Lipinski definition) is 0. The minimum atomic E-state index is 0.280. The molecule has 3 rings (SSSR count). The monoisotopic (exact) mass is 358 g/mol. The summed E-state index contributed by atoms with van der Waals surface area (Å²) >= 11 is 24.4. The van der Waals surface area contributed by atoms with Crippen molar-refractivity contribution >= 4 is 46.4 Å². The van der Waals surface area contributed by atoms with Gasteiger partial charge in [0.1, 0.15) is 0 Å². The third-order valence-corrected chi connectivity index (χ3v) is 3.78. The molecule has 8 heteroatoms. The van der Waals surface area contributed by atoms with Crippen molar-refractivity contribution in [2.75, 3.05) is 0 Å². The molecule has 21 heavy (non-hydrogen) atoms. The zero-order chi connectivity index (χ0) is 15.0. The zero-order valence-electron chi connectivity index (χ0n) is 10.3. The third-order valence-electron chi connectivity index (χ3n) is 2.79. The molecule has 0 atom stereocenters. The van der Waals surface area contributed by atoms with Crippen LogP contribution in [0.25, 0.3) is 16.8 Å².